The van der Waals surface area contributed by atoms with Crippen molar-refractivity contribution in [2.45, 2.75) is 17.5 Å². The Kier molecular flexibility index (Phi) is 3.96. The zero-order valence-corrected chi connectivity index (χ0v) is 9.83. The molecule has 16 heavy (non-hydrogen) atoms. The first-order valence-corrected chi connectivity index (χ1v) is 5.99. The third-order valence-corrected chi connectivity index (χ3v) is 2.85. The summed E-state index contributed by atoms with van der Waals surface area (Å²) in [6.07, 6.45) is 3.48. The number of hydrogen-bond acceptors (Lipinski definition) is 5. The summed E-state index contributed by atoms with van der Waals surface area (Å²) in [5, 5.41) is 3.82. The molecule has 0 aliphatic rings. The Morgan fingerprint density at radius 1 is 1.25 bits per heavy atom. The Labute approximate surface area is 98.5 Å². The maximum Gasteiger partial charge on any atom is 0.187 e. The summed E-state index contributed by atoms with van der Waals surface area (Å²) in [6, 6.07) is 5.78. The lowest BCUT2D eigenvalue weighted by molar-refractivity contribution is 0.469. The van der Waals surface area contributed by atoms with Crippen molar-refractivity contribution in [3.05, 3.63) is 42.1 Å². The number of aromatic nitrogens is 2. The molecule has 0 atom stereocenters. The minimum atomic E-state index is 0.756. The number of hydrogen-bond donors (Lipinski definition) is 1. The molecule has 2 rings (SSSR count). The SMILES string of the molecule is CNCc1ccc(CSc2ncccn2)o1. The molecule has 0 saturated carbocycles. The van der Waals surface area contributed by atoms with Gasteiger partial charge in [-0.2, -0.15) is 0 Å². The number of rotatable bonds is 5. The van der Waals surface area contributed by atoms with Gasteiger partial charge in [0.05, 0.1) is 12.3 Å². The molecule has 2 aromatic rings. The number of furan rings is 1. The predicted octanol–water partition coefficient (Wildman–Crippen LogP) is 2.08. The van der Waals surface area contributed by atoms with Crippen molar-refractivity contribution in [1.82, 2.24) is 15.3 Å². The highest BCUT2D eigenvalue weighted by atomic mass is 32.2. The molecule has 0 fully saturated rings. The zero-order valence-electron chi connectivity index (χ0n) is 9.01. The van der Waals surface area contributed by atoms with Gasteiger partial charge >= 0.3 is 0 Å². The van der Waals surface area contributed by atoms with E-state index in [2.05, 4.69) is 15.3 Å². The van der Waals surface area contributed by atoms with E-state index in [9.17, 15) is 0 Å². The molecule has 0 unspecified atom stereocenters. The molecule has 0 radical (unpaired) electrons. The van der Waals surface area contributed by atoms with Crippen LogP contribution in [0.4, 0.5) is 0 Å². The topological polar surface area (TPSA) is 51.0 Å². The lowest BCUT2D eigenvalue weighted by atomic mass is 10.4. The fraction of sp³-hybridized carbons (Fsp3) is 0.273. The summed E-state index contributed by atoms with van der Waals surface area (Å²) in [7, 11) is 1.90. The molecular weight excluding hydrogens is 222 g/mol. The van der Waals surface area contributed by atoms with E-state index in [-0.39, 0.29) is 0 Å². The van der Waals surface area contributed by atoms with Gasteiger partial charge in [0, 0.05) is 12.4 Å². The van der Waals surface area contributed by atoms with E-state index >= 15 is 0 Å². The van der Waals surface area contributed by atoms with E-state index in [1.54, 1.807) is 24.2 Å². The van der Waals surface area contributed by atoms with Crippen LogP contribution in [0.5, 0.6) is 0 Å². The maximum atomic E-state index is 5.61. The Bertz CT molecular complexity index is 430. The first kappa shape index (κ1) is 11.2. The van der Waals surface area contributed by atoms with Gasteiger partial charge in [-0.3, -0.25) is 0 Å². The molecule has 2 heterocycles. The molecule has 5 heteroatoms. The van der Waals surface area contributed by atoms with Crippen LogP contribution in [0.2, 0.25) is 0 Å². The zero-order chi connectivity index (χ0) is 11.2. The molecule has 0 saturated heterocycles. The van der Waals surface area contributed by atoms with Gasteiger partial charge in [-0.25, -0.2) is 9.97 Å². The molecule has 4 nitrogen and oxygen atoms in total. The van der Waals surface area contributed by atoms with Crippen molar-refractivity contribution in [1.29, 1.82) is 0 Å². The molecule has 0 aliphatic carbocycles. The predicted molar refractivity (Wildman–Crippen MR) is 63.1 cm³/mol. The van der Waals surface area contributed by atoms with Gasteiger partial charge in [-0.05, 0) is 25.2 Å². The van der Waals surface area contributed by atoms with E-state index in [0.29, 0.717) is 0 Å². The van der Waals surface area contributed by atoms with E-state index in [0.717, 1.165) is 29.0 Å². The summed E-state index contributed by atoms with van der Waals surface area (Å²) in [6.45, 7) is 0.756. The Hall–Kier alpha value is -1.33. The number of nitrogens with zero attached hydrogens (tertiary/aromatic N) is 2. The fourth-order valence-corrected chi connectivity index (χ4v) is 1.96. The highest BCUT2D eigenvalue weighted by Crippen LogP contribution is 2.19. The highest BCUT2D eigenvalue weighted by Gasteiger charge is 2.03. The second-order valence-corrected chi connectivity index (χ2v) is 4.16. The lowest BCUT2D eigenvalue weighted by Gasteiger charge is -1.97. The minimum Gasteiger partial charge on any atom is -0.464 e. The van der Waals surface area contributed by atoms with Crippen LogP contribution in [0.15, 0.2) is 40.2 Å². The van der Waals surface area contributed by atoms with E-state index in [1.165, 1.54) is 0 Å². The van der Waals surface area contributed by atoms with Crippen LogP contribution in [-0.4, -0.2) is 17.0 Å². The van der Waals surface area contributed by atoms with Crippen LogP contribution in [0.25, 0.3) is 0 Å². The number of nitrogens with one attached hydrogen (secondary N) is 1. The largest absolute Gasteiger partial charge is 0.464 e. The molecule has 2 aromatic heterocycles. The molecule has 0 aromatic carbocycles. The average molecular weight is 235 g/mol. The summed E-state index contributed by atoms with van der Waals surface area (Å²) in [5.74, 6) is 2.66. The molecule has 0 amide bonds. The minimum absolute atomic E-state index is 0.756. The van der Waals surface area contributed by atoms with Crippen LogP contribution in [-0.2, 0) is 12.3 Å². The average Bonchev–Trinajstić information content (AvgIpc) is 2.76. The first-order valence-electron chi connectivity index (χ1n) is 5.00. The Morgan fingerprint density at radius 2 is 2.00 bits per heavy atom. The molecule has 84 valence electrons. The first-order chi connectivity index (χ1) is 7.88. The summed E-state index contributed by atoms with van der Waals surface area (Å²) in [5.41, 5.74) is 0. The third kappa shape index (κ3) is 3.08. The number of thioether (sulfide) groups is 1. The Morgan fingerprint density at radius 3 is 2.75 bits per heavy atom. The quantitative estimate of drug-likeness (QED) is 0.635. The fourth-order valence-electron chi connectivity index (χ4n) is 1.26. The van der Waals surface area contributed by atoms with Crippen LogP contribution in [0.3, 0.4) is 0 Å². The van der Waals surface area contributed by atoms with Gasteiger partial charge in [0.15, 0.2) is 5.16 Å². The summed E-state index contributed by atoms with van der Waals surface area (Å²) in [4.78, 5) is 8.27. The standard InChI is InChI=1S/C11H13N3OS/c1-12-7-9-3-4-10(15-9)8-16-11-13-5-2-6-14-11/h2-6,12H,7-8H2,1H3. The van der Waals surface area contributed by atoms with E-state index in [1.807, 2.05) is 25.2 Å². The van der Waals surface area contributed by atoms with Crippen molar-refractivity contribution >= 4 is 11.8 Å². The van der Waals surface area contributed by atoms with Crippen LogP contribution in [0.1, 0.15) is 11.5 Å². The molecule has 0 bridgehead atoms. The monoisotopic (exact) mass is 235 g/mol. The normalized spacial score (nSPS) is 10.6. The maximum absolute atomic E-state index is 5.61. The van der Waals surface area contributed by atoms with Gasteiger partial charge in [-0.15, -0.1) is 0 Å². The van der Waals surface area contributed by atoms with Gasteiger partial charge in [0.25, 0.3) is 0 Å². The van der Waals surface area contributed by atoms with Crippen molar-refractivity contribution in [2.24, 2.45) is 0 Å². The van der Waals surface area contributed by atoms with Crippen molar-refractivity contribution < 1.29 is 4.42 Å². The van der Waals surface area contributed by atoms with Gasteiger partial charge in [-0.1, -0.05) is 11.8 Å². The Balaban J connectivity index is 1.89. The third-order valence-electron chi connectivity index (χ3n) is 1.95. The van der Waals surface area contributed by atoms with Crippen molar-refractivity contribution in [2.75, 3.05) is 7.05 Å². The molecule has 1 N–H and O–H groups in total. The lowest BCUT2D eigenvalue weighted by Crippen LogP contribution is -2.03. The second kappa shape index (κ2) is 5.67. The van der Waals surface area contributed by atoms with Crippen LogP contribution < -0.4 is 5.32 Å². The molecule has 0 aliphatic heterocycles. The molecule has 0 spiro atoms. The van der Waals surface area contributed by atoms with Crippen LogP contribution >= 0.6 is 11.8 Å². The van der Waals surface area contributed by atoms with Gasteiger partial charge < -0.3 is 9.73 Å². The highest BCUT2D eigenvalue weighted by molar-refractivity contribution is 7.98. The van der Waals surface area contributed by atoms with Crippen molar-refractivity contribution in [3.8, 4) is 0 Å². The van der Waals surface area contributed by atoms with Gasteiger partial charge in [0.2, 0.25) is 0 Å². The molecular formula is C11H13N3OS. The summed E-state index contributed by atoms with van der Waals surface area (Å²) >= 11 is 1.57. The van der Waals surface area contributed by atoms with Crippen molar-refractivity contribution in [3.63, 3.8) is 0 Å². The van der Waals surface area contributed by atoms with Gasteiger partial charge in [0.1, 0.15) is 11.5 Å². The summed E-state index contributed by atoms with van der Waals surface area (Å²) < 4.78 is 5.61. The van der Waals surface area contributed by atoms with E-state index in [4.69, 9.17) is 4.42 Å². The second-order valence-electron chi connectivity index (χ2n) is 3.22. The van der Waals surface area contributed by atoms with E-state index < -0.39 is 0 Å². The van der Waals surface area contributed by atoms with Crippen LogP contribution in [0, 0.1) is 0 Å². The smallest absolute Gasteiger partial charge is 0.187 e.